The van der Waals surface area contributed by atoms with Crippen LogP contribution in [0.25, 0.3) is 5.69 Å². The lowest BCUT2D eigenvalue weighted by Crippen LogP contribution is -2.21. The molecule has 0 amide bonds. The molecule has 0 spiro atoms. The van der Waals surface area contributed by atoms with Crippen LogP contribution in [0.5, 0.6) is 0 Å². The molecule has 2 rings (SSSR count). The van der Waals surface area contributed by atoms with Crippen molar-refractivity contribution in [2.24, 2.45) is 0 Å². The molecular weight excluding hydrogens is 262 g/mol. The third kappa shape index (κ3) is 4.69. The van der Waals surface area contributed by atoms with Crippen LogP contribution in [0.4, 0.5) is 0 Å². The van der Waals surface area contributed by atoms with Crippen molar-refractivity contribution in [1.82, 2.24) is 14.9 Å². The van der Waals surface area contributed by atoms with E-state index >= 15 is 0 Å². The van der Waals surface area contributed by atoms with Crippen molar-refractivity contribution in [3.8, 4) is 5.69 Å². The number of nitrogens with zero attached hydrogens (tertiary/aromatic N) is 2. The molecule has 0 radical (unpaired) electrons. The summed E-state index contributed by atoms with van der Waals surface area (Å²) in [5, 5.41) is 3.42. The number of aromatic nitrogens is 2. The minimum atomic E-state index is 0.762. The van der Waals surface area contributed by atoms with Crippen LogP contribution in [0.2, 0.25) is 0 Å². The lowest BCUT2D eigenvalue weighted by molar-refractivity contribution is 0.133. The summed E-state index contributed by atoms with van der Waals surface area (Å²) in [6.07, 6.45) is 4.26. The van der Waals surface area contributed by atoms with Crippen molar-refractivity contribution < 1.29 is 4.74 Å². The van der Waals surface area contributed by atoms with Crippen LogP contribution >= 0.6 is 0 Å². The number of benzene rings is 1. The highest BCUT2D eigenvalue weighted by atomic mass is 16.5. The zero-order valence-electron chi connectivity index (χ0n) is 13.0. The highest BCUT2D eigenvalue weighted by Gasteiger charge is 2.07. The molecule has 0 saturated heterocycles. The zero-order chi connectivity index (χ0) is 14.9. The first-order valence-electron chi connectivity index (χ1n) is 7.70. The van der Waals surface area contributed by atoms with Crippen LogP contribution in [0.3, 0.4) is 0 Å². The van der Waals surface area contributed by atoms with Crippen LogP contribution in [0.15, 0.2) is 36.5 Å². The predicted octanol–water partition coefficient (Wildman–Crippen LogP) is 3.09. The summed E-state index contributed by atoms with van der Waals surface area (Å²) in [6, 6.07) is 10.3. The maximum absolute atomic E-state index is 5.55. The lowest BCUT2D eigenvalue weighted by atomic mass is 10.3. The summed E-state index contributed by atoms with van der Waals surface area (Å²) in [5.41, 5.74) is 2.33. The second-order valence-corrected chi connectivity index (χ2v) is 5.11. The minimum Gasteiger partial charge on any atom is -0.380 e. The van der Waals surface area contributed by atoms with Gasteiger partial charge >= 0.3 is 0 Å². The summed E-state index contributed by atoms with van der Waals surface area (Å²) >= 11 is 0. The monoisotopic (exact) mass is 287 g/mol. The topological polar surface area (TPSA) is 39.1 Å². The largest absolute Gasteiger partial charge is 0.380 e. The highest BCUT2D eigenvalue weighted by molar-refractivity contribution is 5.35. The van der Waals surface area contributed by atoms with Gasteiger partial charge in [0.15, 0.2) is 0 Å². The van der Waals surface area contributed by atoms with Gasteiger partial charge in [0, 0.05) is 25.4 Å². The van der Waals surface area contributed by atoms with Gasteiger partial charge in [0.1, 0.15) is 5.82 Å². The number of hydrogen-bond donors (Lipinski definition) is 1. The van der Waals surface area contributed by atoms with Gasteiger partial charge in [0.2, 0.25) is 0 Å². The first-order chi connectivity index (χ1) is 10.3. The third-order valence-electron chi connectivity index (χ3n) is 3.40. The molecule has 0 aliphatic heterocycles. The number of unbranched alkanes of at least 4 members (excludes halogenated alkanes) is 1. The Kier molecular flexibility index (Phi) is 6.44. The van der Waals surface area contributed by atoms with Gasteiger partial charge in [-0.15, -0.1) is 0 Å². The Morgan fingerprint density at radius 3 is 2.76 bits per heavy atom. The molecule has 4 nitrogen and oxygen atoms in total. The molecule has 0 atom stereocenters. The van der Waals surface area contributed by atoms with E-state index in [4.69, 9.17) is 4.74 Å². The fourth-order valence-corrected chi connectivity index (χ4v) is 2.25. The summed E-state index contributed by atoms with van der Waals surface area (Å²) in [5.74, 6) is 1.01. The van der Waals surface area contributed by atoms with Crippen molar-refractivity contribution >= 4 is 0 Å². The van der Waals surface area contributed by atoms with Crippen LogP contribution in [0, 0.1) is 6.92 Å². The van der Waals surface area contributed by atoms with E-state index in [0.717, 1.165) is 44.2 Å². The van der Waals surface area contributed by atoms with Gasteiger partial charge in [-0.2, -0.15) is 0 Å². The van der Waals surface area contributed by atoms with Gasteiger partial charge < -0.3 is 10.1 Å². The highest BCUT2D eigenvalue weighted by Crippen LogP contribution is 2.14. The molecule has 21 heavy (non-hydrogen) atoms. The fraction of sp³-hybridized carbons (Fsp3) is 0.471. The molecule has 1 N–H and O–H groups in total. The van der Waals surface area contributed by atoms with Gasteiger partial charge in [0.05, 0.1) is 18.5 Å². The van der Waals surface area contributed by atoms with E-state index in [0.29, 0.717) is 0 Å². The van der Waals surface area contributed by atoms with Crippen molar-refractivity contribution in [2.45, 2.75) is 33.2 Å². The van der Waals surface area contributed by atoms with Crippen LogP contribution in [-0.2, 0) is 11.3 Å². The number of para-hydroxylation sites is 1. The standard InChI is InChI=1S/C17H25N3O/c1-3-4-11-21-12-10-18-13-17-14-19-15(2)20(17)16-8-6-5-7-9-16/h5-9,14,18H,3-4,10-13H2,1-2H3. The molecule has 1 aromatic heterocycles. The summed E-state index contributed by atoms with van der Waals surface area (Å²) in [6.45, 7) is 7.49. The van der Waals surface area contributed by atoms with Crippen molar-refractivity contribution in [3.63, 3.8) is 0 Å². The average molecular weight is 287 g/mol. The Labute approximate surface area is 127 Å². The molecular formula is C17H25N3O. The van der Waals surface area contributed by atoms with Gasteiger partial charge in [-0.1, -0.05) is 31.5 Å². The second kappa shape index (κ2) is 8.60. The Hall–Kier alpha value is -1.65. The predicted molar refractivity (Wildman–Crippen MR) is 85.7 cm³/mol. The van der Waals surface area contributed by atoms with E-state index in [1.807, 2.05) is 31.3 Å². The van der Waals surface area contributed by atoms with Crippen molar-refractivity contribution in [1.29, 1.82) is 0 Å². The Balaban J connectivity index is 1.84. The number of rotatable bonds is 9. The van der Waals surface area contributed by atoms with E-state index < -0.39 is 0 Å². The van der Waals surface area contributed by atoms with Crippen LogP contribution < -0.4 is 5.32 Å². The van der Waals surface area contributed by atoms with E-state index in [2.05, 4.69) is 33.9 Å². The molecule has 0 unspecified atom stereocenters. The van der Waals surface area contributed by atoms with Crippen LogP contribution in [0.1, 0.15) is 31.3 Å². The molecule has 4 heteroatoms. The molecule has 114 valence electrons. The van der Waals surface area contributed by atoms with E-state index in [1.165, 1.54) is 12.1 Å². The molecule has 0 saturated carbocycles. The number of ether oxygens (including phenoxy) is 1. The maximum atomic E-state index is 5.55. The third-order valence-corrected chi connectivity index (χ3v) is 3.40. The molecule has 2 aromatic rings. The Bertz CT molecular complexity index is 522. The van der Waals surface area contributed by atoms with Gasteiger partial charge in [-0.3, -0.25) is 4.57 Å². The van der Waals surface area contributed by atoms with Gasteiger partial charge in [0.25, 0.3) is 0 Å². The first kappa shape index (κ1) is 15.7. The number of aryl methyl sites for hydroxylation is 1. The molecule has 1 aromatic carbocycles. The average Bonchev–Trinajstić information content (AvgIpc) is 2.88. The second-order valence-electron chi connectivity index (χ2n) is 5.11. The number of hydrogen-bond acceptors (Lipinski definition) is 3. The first-order valence-corrected chi connectivity index (χ1v) is 7.70. The lowest BCUT2D eigenvalue weighted by Gasteiger charge is -2.11. The van der Waals surface area contributed by atoms with Crippen LogP contribution in [-0.4, -0.2) is 29.3 Å². The number of nitrogens with one attached hydrogen (secondary N) is 1. The number of imidazole rings is 1. The van der Waals surface area contributed by atoms with E-state index in [-0.39, 0.29) is 0 Å². The molecule has 0 bridgehead atoms. The fourth-order valence-electron chi connectivity index (χ4n) is 2.25. The summed E-state index contributed by atoms with van der Waals surface area (Å²) in [4.78, 5) is 4.42. The van der Waals surface area contributed by atoms with E-state index in [9.17, 15) is 0 Å². The van der Waals surface area contributed by atoms with Crippen molar-refractivity contribution in [2.75, 3.05) is 19.8 Å². The zero-order valence-corrected chi connectivity index (χ0v) is 13.0. The van der Waals surface area contributed by atoms with Gasteiger partial charge in [-0.25, -0.2) is 4.98 Å². The quantitative estimate of drug-likeness (QED) is 0.720. The Morgan fingerprint density at radius 1 is 1.19 bits per heavy atom. The normalized spacial score (nSPS) is 11.0. The Morgan fingerprint density at radius 2 is 2.00 bits per heavy atom. The SMILES string of the molecule is CCCCOCCNCc1cnc(C)n1-c1ccccc1. The molecule has 1 heterocycles. The molecule has 0 fully saturated rings. The van der Waals surface area contributed by atoms with E-state index in [1.54, 1.807) is 0 Å². The summed E-state index contributed by atoms with van der Waals surface area (Å²) < 4.78 is 7.73. The smallest absolute Gasteiger partial charge is 0.110 e. The maximum Gasteiger partial charge on any atom is 0.110 e. The molecule has 0 aliphatic rings. The molecule has 0 aliphatic carbocycles. The van der Waals surface area contributed by atoms with Gasteiger partial charge in [-0.05, 0) is 25.5 Å². The minimum absolute atomic E-state index is 0.762. The van der Waals surface area contributed by atoms with Crippen molar-refractivity contribution in [3.05, 3.63) is 48.0 Å². The summed E-state index contributed by atoms with van der Waals surface area (Å²) in [7, 11) is 0.